The monoisotopic (exact) mass is 326 g/mol. The van der Waals surface area contributed by atoms with E-state index in [1.54, 1.807) is 18.2 Å². The van der Waals surface area contributed by atoms with E-state index in [0.29, 0.717) is 23.4 Å². The number of carbonyl (C=O) groups excluding carboxylic acids is 1. The molecule has 24 heavy (non-hydrogen) atoms. The Kier molecular flexibility index (Phi) is 4.37. The normalized spacial score (nSPS) is 10.8. The van der Waals surface area contributed by atoms with E-state index in [2.05, 4.69) is 10.3 Å². The predicted molar refractivity (Wildman–Crippen MR) is 91.5 cm³/mol. The fraction of sp³-hybridized carbons (Fsp3) is 0.222. The van der Waals surface area contributed by atoms with Gasteiger partial charge in [-0.15, -0.1) is 0 Å². The lowest BCUT2D eigenvalue weighted by molar-refractivity contribution is -0.116. The quantitative estimate of drug-likeness (QED) is 0.754. The van der Waals surface area contributed by atoms with E-state index >= 15 is 0 Å². The Hall–Kier alpha value is -3.02. The third kappa shape index (κ3) is 3.65. The summed E-state index contributed by atoms with van der Waals surface area (Å²) in [4.78, 5) is 25.7. The van der Waals surface area contributed by atoms with Crippen LogP contribution in [-0.2, 0) is 4.79 Å². The summed E-state index contributed by atoms with van der Waals surface area (Å²) in [6.45, 7) is 4.29. The largest absolute Gasteiger partial charge is 0.493 e. The molecule has 0 aliphatic rings. The molecule has 0 atom stereocenters. The first-order valence-corrected chi connectivity index (χ1v) is 7.64. The SMILES string of the molecule is Cc1ccc(OCCC(=O)Nc2ccc3oc(=O)[nH]c3c2)c(C)c1. The van der Waals surface area contributed by atoms with Gasteiger partial charge in [0.15, 0.2) is 5.58 Å². The van der Waals surface area contributed by atoms with Crippen molar-refractivity contribution in [1.29, 1.82) is 0 Å². The zero-order valence-electron chi connectivity index (χ0n) is 13.5. The molecule has 0 aliphatic carbocycles. The number of aromatic amines is 1. The number of aromatic nitrogens is 1. The van der Waals surface area contributed by atoms with Crippen LogP contribution in [-0.4, -0.2) is 17.5 Å². The first-order chi connectivity index (χ1) is 11.5. The number of H-pyrrole nitrogens is 1. The van der Waals surface area contributed by atoms with Crippen LogP contribution in [0.4, 0.5) is 5.69 Å². The molecule has 1 amide bonds. The van der Waals surface area contributed by atoms with Crippen molar-refractivity contribution in [3.05, 3.63) is 58.1 Å². The molecular weight excluding hydrogens is 308 g/mol. The van der Waals surface area contributed by atoms with Crippen molar-refractivity contribution in [2.24, 2.45) is 0 Å². The molecular formula is C18H18N2O4. The zero-order chi connectivity index (χ0) is 17.1. The van der Waals surface area contributed by atoms with Crippen LogP contribution in [0, 0.1) is 13.8 Å². The molecule has 0 aliphatic heterocycles. The minimum absolute atomic E-state index is 0.162. The molecule has 1 aromatic heterocycles. The summed E-state index contributed by atoms with van der Waals surface area (Å²) in [5.41, 5.74) is 3.81. The summed E-state index contributed by atoms with van der Waals surface area (Å²) in [6, 6.07) is 10.9. The topological polar surface area (TPSA) is 84.3 Å². The standard InChI is InChI=1S/C18H18N2O4/c1-11-3-5-15(12(2)9-11)23-8-7-17(21)19-13-4-6-16-14(10-13)20-18(22)24-16/h3-6,9-10H,7-8H2,1-2H3,(H,19,21)(H,20,22). The average molecular weight is 326 g/mol. The highest BCUT2D eigenvalue weighted by molar-refractivity contribution is 5.92. The van der Waals surface area contributed by atoms with E-state index < -0.39 is 5.76 Å². The highest BCUT2D eigenvalue weighted by Crippen LogP contribution is 2.19. The van der Waals surface area contributed by atoms with Gasteiger partial charge in [0.2, 0.25) is 5.91 Å². The van der Waals surface area contributed by atoms with Gasteiger partial charge >= 0.3 is 5.76 Å². The Labute approximate surface area is 138 Å². The number of hydrogen-bond donors (Lipinski definition) is 2. The van der Waals surface area contributed by atoms with Gasteiger partial charge in [0, 0.05) is 5.69 Å². The highest BCUT2D eigenvalue weighted by atomic mass is 16.5. The van der Waals surface area contributed by atoms with Gasteiger partial charge in [-0.3, -0.25) is 9.78 Å². The summed E-state index contributed by atoms with van der Waals surface area (Å²) < 4.78 is 10.6. The maximum atomic E-state index is 12.0. The lowest BCUT2D eigenvalue weighted by atomic mass is 10.1. The lowest BCUT2D eigenvalue weighted by Crippen LogP contribution is -2.15. The minimum Gasteiger partial charge on any atom is -0.493 e. The Morgan fingerprint density at radius 2 is 2.04 bits per heavy atom. The van der Waals surface area contributed by atoms with Crippen molar-refractivity contribution < 1.29 is 13.9 Å². The van der Waals surface area contributed by atoms with Gasteiger partial charge in [0.25, 0.3) is 0 Å². The smallest absolute Gasteiger partial charge is 0.417 e. The van der Waals surface area contributed by atoms with Crippen molar-refractivity contribution in [3.8, 4) is 5.75 Å². The summed E-state index contributed by atoms with van der Waals surface area (Å²) in [7, 11) is 0. The van der Waals surface area contributed by atoms with Gasteiger partial charge < -0.3 is 14.5 Å². The highest BCUT2D eigenvalue weighted by Gasteiger charge is 2.07. The van der Waals surface area contributed by atoms with Crippen LogP contribution in [0.3, 0.4) is 0 Å². The molecule has 3 rings (SSSR count). The van der Waals surface area contributed by atoms with Gasteiger partial charge in [-0.1, -0.05) is 17.7 Å². The van der Waals surface area contributed by atoms with E-state index in [4.69, 9.17) is 9.15 Å². The van der Waals surface area contributed by atoms with Gasteiger partial charge in [-0.05, 0) is 43.7 Å². The summed E-state index contributed by atoms with van der Waals surface area (Å²) in [6.07, 6.45) is 0.229. The van der Waals surface area contributed by atoms with Gasteiger partial charge in [-0.25, -0.2) is 4.79 Å². The van der Waals surface area contributed by atoms with Crippen LogP contribution < -0.4 is 15.8 Å². The molecule has 3 aromatic rings. The van der Waals surface area contributed by atoms with E-state index in [1.165, 1.54) is 5.56 Å². The third-order valence-corrected chi connectivity index (χ3v) is 3.62. The van der Waals surface area contributed by atoms with Crippen LogP contribution in [0.1, 0.15) is 17.5 Å². The Bertz CT molecular complexity index is 940. The van der Waals surface area contributed by atoms with Crippen molar-refractivity contribution in [3.63, 3.8) is 0 Å². The fourth-order valence-corrected chi connectivity index (χ4v) is 2.47. The molecule has 6 nitrogen and oxygen atoms in total. The Morgan fingerprint density at radius 1 is 1.21 bits per heavy atom. The molecule has 6 heteroatoms. The van der Waals surface area contributed by atoms with E-state index in [9.17, 15) is 9.59 Å². The molecule has 0 fully saturated rings. The number of benzene rings is 2. The summed E-state index contributed by atoms with van der Waals surface area (Å²) >= 11 is 0. The molecule has 0 saturated carbocycles. The number of amides is 1. The number of fused-ring (bicyclic) bond motifs is 1. The van der Waals surface area contributed by atoms with Crippen LogP contribution in [0.25, 0.3) is 11.1 Å². The lowest BCUT2D eigenvalue weighted by Gasteiger charge is -2.10. The third-order valence-electron chi connectivity index (χ3n) is 3.62. The Morgan fingerprint density at radius 3 is 2.83 bits per heavy atom. The van der Waals surface area contributed by atoms with E-state index in [1.807, 2.05) is 32.0 Å². The second-order valence-electron chi connectivity index (χ2n) is 5.64. The summed E-state index contributed by atoms with van der Waals surface area (Å²) in [5, 5.41) is 2.77. The van der Waals surface area contributed by atoms with Crippen molar-refractivity contribution in [1.82, 2.24) is 4.98 Å². The molecule has 0 radical (unpaired) electrons. The number of ether oxygens (including phenoxy) is 1. The second-order valence-corrected chi connectivity index (χ2v) is 5.64. The number of rotatable bonds is 5. The molecule has 0 spiro atoms. The molecule has 0 bridgehead atoms. The maximum absolute atomic E-state index is 12.0. The van der Waals surface area contributed by atoms with Gasteiger partial charge in [-0.2, -0.15) is 0 Å². The first kappa shape index (κ1) is 15.9. The fourth-order valence-electron chi connectivity index (χ4n) is 2.47. The molecule has 1 heterocycles. The van der Waals surface area contributed by atoms with Gasteiger partial charge in [0.1, 0.15) is 5.75 Å². The van der Waals surface area contributed by atoms with Crippen LogP contribution >= 0.6 is 0 Å². The van der Waals surface area contributed by atoms with Crippen LogP contribution in [0.2, 0.25) is 0 Å². The van der Waals surface area contributed by atoms with Crippen LogP contribution in [0.15, 0.2) is 45.6 Å². The number of nitrogens with one attached hydrogen (secondary N) is 2. The van der Waals surface area contributed by atoms with Crippen LogP contribution in [0.5, 0.6) is 5.75 Å². The number of carbonyl (C=O) groups is 1. The minimum atomic E-state index is -0.518. The second kappa shape index (κ2) is 6.62. The zero-order valence-corrected chi connectivity index (χ0v) is 13.5. The number of anilines is 1. The average Bonchev–Trinajstić information content (AvgIpc) is 2.89. The number of hydrogen-bond acceptors (Lipinski definition) is 4. The van der Waals surface area contributed by atoms with Gasteiger partial charge in [0.05, 0.1) is 18.5 Å². The van der Waals surface area contributed by atoms with Crippen molar-refractivity contribution in [2.75, 3.05) is 11.9 Å². The Balaban J connectivity index is 1.55. The molecule has 124 valence electrons. The van der Waals surface area contributed by atoms with Crippen molar-refractivity contribution >= 4 is 22.7 Å². The van der Waals surface area contributed by atoms with E-state index in [0.717, 1.165) is 11.3 Å². The first-order valence-electron chi connectivity index (χ1n) is 7.64. The molecule has 2 N–H and O–H groups in total. The molecule has 0 unspecified atom stereocenters. The predicted octanol–water partition coefficient (Wildman–Crippen LogP) is 3.15. The summed E-state index contributed by atoms with van der Waals surface area (Å²) in [5.74, 6) is 0.103. The molecule has 2 aromatic carbocycles. The number of aryl methyl sites for hydroxylation is 2. The maximum Gasteiger partial charge on any atom is 0.417 e. The van der Waals surface area contributed by atoms with Crippen molar-refractivity contribution in [2.45, 2.75) is 20.3 Å². The van der Waals surface area contributed by atoms with E-state index in [-0.39, 0.29) is 12.3 Å². The molecule has 0 saturated heterocycles. The number of oxazole rings is 1.